The molecule has 0 aliphatic heterocycles. The van der Waals surface area contributed by atoms with E-state index in [0.29, 0.717) is 17.9 Å². The van der Waals surface area contributed by atoms with Crippen LogP contribution in [-0.4, -0.2) is 20.8 Å². The SMILES string of the molecule is CCn1nc(C)c(Br)c1COc1ccccc1C(N)=NO. The highest BCUT2D eigenvalue weighted by atomic mass is 79.9. The molecule has 6 nitrogen and oxygen atoms in total. The molecule has 1 heterocycles. The number of hydrogen-bond acceptors (Lipinski definition) is 4. The molecule has 3 N–H and O–H groups in total. The summed E-state index contributed by atoms with van der Waals surface area (Å²) in [6.07, 6.45) is 0. The van der Waals surface area contributed by atoms with Crippen molar-refractivity contribution in [2.75, 3.05) is 0 Å². The Labute approximate surface area is 131 Å². The summed E-state index contributed by atoms with van der Waals surface area (Å²) in [6.45, 7) is 5.05. The highest BCUT2D eigenvalue weighted by Gasteiger charge is 2.14. The van der Waals surface area contributed by atoms with Gasteiger partial charge in [0.05, 0.1) is 21.4 Å². The van der Waals surface area contributed by atoms with Crippen molar-refractivity contribution in [3.05, 3.63) is 45.7 Å². The van der Waals surface area contributed by atoms with E-state index in [-0.39, 0.29) is 5.84 Å². The van der Waals surface area contributed by atoms with Crippen molar-refractivity contribution < 1.29 is 9.94 Å². The molecule has 2 aromatic rings. The van der Waals surface area contributed by atoms with E-state index >= 15 is 0 Å². The number of hydrogen-bond donors (Lipinski definition) is 2. The third kappa shape index (κ3) is 3.18. The van der Waals surface area contributed by atoms with Crippen LogP contribution >= 0.6 is 15.9 Å². The van der Waals surface area contributed by atoms with Crippen molar-refractivity contribution in [3.8, 4) is 5.75 Å². The third-order valence-electron chi connectivity index (χ3n) is 3.09. The number of nitrogens with zero attached hydrogens (tertiary/aromatic N) is 3. The smallest absolute Gasteiger partial charge is 0.173 e. The number of para-hydroxylation sites is 1. The lowest BCUT2D eigenvalue weighted by atomic mass is 10.2. The number of amidine groups is 1. The molecule has 0 amide bonds. The minimum atomic E-state index is 0.0184. The van der Waals surface area contributed by atoms with E-state index in [1.54, 1.807) is 18.2 Å². The second kappa shape index (κ2) is 6.62. The molecule has 2 rings (SSSR count). The zero-order valence-electron chi connectivity index (χ0n) is 11.9. The number of aromatic nitrogens is 2. The summed E-state index contributed by atoms with van der Waals surface area (Å²) in [5, 5.41) is 16.2. The summed E-state index contributed by atoms with van der Waals surface area (Å²) in [5.41, 5.74) is 8.06. The number of aryl methyl sites for hydroxylation is 2. The van der Waals surface area contributed by atoms with Crippen LogP contribution < -0.4 is 10.5 Å². The van der Waals surface area contributed by atoms with Crippen LogP contribution in [0.15, 0.2) is 33.9 Å². The first-order valence-corrected chi connectivity index (χ1v) is 7.29. The van der Waals surface area contributed by atoms with E-state index in [2.05, 4.69) is 26.2 Å². The van der Waals surface area contributed by atoms with Crippen molar-refractivity contribution in [1.29, 1.82) is 0 Å². The van der Waals surface area contributed by atoms with Crippen molar-refractivity contribution in [3.63, 3.8) is 0 Å². The van der Waals surface area contributed by atoms with Gasteiger partial charge in [0, 0.05) is 6.54 Å². The minimum Gasteiger partial charge on any atom is -0.486 e. The molecule has 0 fully saturated rings. The highest BCUT2D eigenvalue weighted by Crippen LogP contribution is 2.24. The molecule has 0 atom stereocenters. The van der Waals surface area contributed by atoms with E-state index in [1.165, 1.54) is 0 Å². The quantitative estimate of drug-likeness (QED) is 0.375. The Morgan fingerprint density at radius 1 is 1.48 bits per heavy atom. The molecule has 0 radical (unpaired) electrons. The Balaban J connectivity index is 2.25. The highest BCUT2D eigenvalue weighted by molar-refractivity contribution is 9.10. The molecule has 1 aromatic carbocycles. The molecular formula is C14H17BrN4O2. The number of nitrogens with two attached hydrogens (primary N) is 1. The van der Waals surface area contributed by atoms with Crippen molar-refractivity contribution >= 4 is 21.8 Å². The van der Waals surface area contributed by atoms with Gasteiger partial charge in [-0.3, -0.25) is 4.68 Å². The Morgan fingerprint density at radius 3 is 2.86 bits per heavy atom. The minimum absolute atomic E-state index is 0.0184. The molecule has 0 unspecified atom stereocenters. The van der Waals surface area contributed by atoms with Crippen molar-refractivity contribution in [1.82, 2.24) is 9.78 Å². The van der Waals surface area contributed by atoms with Gasteiger partial charge in [0.25, 0.3) is 0 Å². The molecule has 7 heteroatoms. The number of benzene rings is 1. The van der Waals surface area contributed by atoms with Crippen LogP contribution in [0.4, 0.5) is 0 Å². The van der Waals surface area contributed by atoms with Crippen LogP contribution in [0.1, 0.15) is 23.9 Å². The molecular weight excluding hydrogens is 336 g/mol. The maximum Gasteiger partial charge on any atom is 0.173 e. The molecule has 0 aliphatic rings. The molecule has 0 saturated carbocycles. The summed E-state index contributed by atoms with van der Waals surface area (Å²) >= 11 is 3.52. The largest absolute Gasteiger partial charge is 0.486 e. The van der Waals surface area contributed by atoms with Crippen molar-refractivity contribution in [2.24, 2.45) is 10.9 Å². The maximum absolute atomic E-state index is 8.81. The summed E-state index contributed by atoms with van der Waals surface area (Å²) in [6, 6.07) is 7.15. The lowest BCUT2D eigenvalue weighted by molar-refractivity contribution is 0.290. The molecule has 0 saturated heterocycles. The maximum atomic E-state index is 8.81. The molecule has 21 heavy (non-hydrogen) atoms. The molecule has 1 aromatic heterocycles. The zero-order chi connectivity index (χ0) is 15.4. The Hall–Kier alpha value is -2.02. The fraction of sp³-hybridized carbons (Fsp3) is 0.286. The first kappa shape index (κ1) is 15.4. The summed E-state index contributed by atoms with van der Waals surface area (Å²) in [5.74, 6) is 0.575. The van der Waals surface area contributed by atoms with Gasteiger partial charge in [-0.25, -0.2) is 0 Å². The second-order valence-electron chi connectivity index (χ2n) is 4.43. The van der Waals surface area contributed by atoms with E-state index in [4.69, 9.17) is 15.7 Å². The van der Waals surface area contributed by atoms with E-state index in [0.717, 1.165) is 22.4 Å². The zero-order valence-corrected chi connectivity index (χ0v) is 13.5. The molecule has 0 bridgehead atoms. The van der Waals surface area contributed by atoms with Gasteiger partial charge in [-0.15, -0.1) is 0 Å². The Morgan fingerprint density at radius 2 is 2.19 bits per heavy atom. The monoisotopic (exact) mass is 352 g/mol. The normalized spacial score (nSPS) is 11.7. The summed E-state index contributed by atoms with van der Waals surface area (Å²) < 4.78 is 8.64. The molecule has 0 aliphatic carbocycles. The van der Waals surface area contributed by atoms with Crippen LogP contribution in [0.5, 0.6) is 5.75 Å². The summed E-state index contributed by atoms with van der Waals surface area (Å²) in [7, 11) is 0. The second-order valence-corrected chi connectivity index (χ2v) is 5.22. The van der Waals surface area contributed by atoms with Gasteiger partial charge < -0.3 is 15.7 Å². The van der Waals surface area contributed by atoms with Crippen LogP contribution in [0.2, 0.25) is 0 Å². The van der Waals surface area contributed by atoms with Crippen LogP contribution in [-0.2, 0) is 13.2 Å². The van der Waals surface area contributed by atoms with Crippen LogP contribution in [0, 0.1) is 6.92 Å². The molecule has 0 spiro atoms. The topological polar surface area (TPSA) is 85.7 Å². The molecule has 112 valence electrons. The predicted octanol–water partition coefficient (Wildman–Crippen LogP) is 2.65. The van der Waals surface area contributed by atoms with E-state index in [1.807, 2.05) is 24.6 Å². The van der Waals surface area contributed by atoms with Gasteiger partial charge in [-0.1, -0.05) is 17.3 Å². The van der Waals surface area contributed by atoms with Gasteiger partial charge >= 0.3 is 0 Å². The van der Waals surface area contributed by atoms with Gasteiger partial charge in [-0.05, 0) is 41.9 Å². The third-order valence-corrected chi connectivity index (χ3v) is 4.12. The van der Waals surface area contributed by atoms with Gasteiger partial charge in [0.2, 0.25) is 0 Å². The van der Waals surface area contributed by atoms with Crippen LogP contribution in [0.3, 0.4) is 0 Å². The Bertz CT molecular complexity index is 667. The lowest BCUT2D eigenvalue weighted by Gasteiger charge is -2.11. The fourth-order valence-corrected chi connectivity index (χ4v) is 2.41. The van der Waals surface area contributed by atoms with Crippen molar-refractivity contribution in [2.45, 2.75) is 27.0 Å². The fourth-order valence-electron chi connectivity index (χ4n) is 2.01. The lowest BCUT2D eigenvalue weighted by Crippen LogP contribution is -2.15. The number of ether oxygens (including phenoxy) is 1. The number of rotatable bonds is 5. The number of halogens is 1. The van der Waals surface area contributed by atoms with Gasteiger partial charge in [0.1, 0.15) is 12.4 Å². The average Bonchev–Trinajstić information content (AvgIpc) is 2.79. The Kier molecular flexibility index (Phi) is 4.85. The van der Waals surface area contributed by atoms with E-state index in [9.17, 15) is 0 Å². The first-order chi connectivity index (χ1) is 10.1. The van der Waals surface area contributed by atoms with Crippen LogP contribution in [0.25, 0.3) is 0 Å². The predicted molar refractivity (Wildman–Crippen MR) is 83.6 cm³/mol. The average molecular weight is 353 g/mol. The standard InChI is InChI=1S/C14H17BrN4O2/c1-3-19-11(13(15)9(2)17-19)8-21-12-7-5-4-6-10(12)14(16)18-20/h4-7,20H,3,8H2,1-2H3,(H2,16,18). The van der Waals surface area contributed by atoms with E-state index < -0.39 is 0 Å². The number of oxime groups is 1. The first-order valence-electron chi connectivity index (χ1n) is 6.50. The van der Waals surface area contributed by atoms with Gasteiger partial charge in [-0.2, -0.15) is 5.10 Å². The summed E-state index contributed by atoms with van der Waals surface area (Å²) in [4.78, 5) is 0. The van der Waals surface area contributed by atoms with Gasteiger partial charge in [0.15, 0.2) is 5.84 Å².